The number of carbonyl (C=O) groups excluding carboxylic acids is 2. The van der Waals surface area contributed by atoms with Gasteiger partial charge in [-0.25, -0.2) is 0 Å². The second-order valence-electron chi connectivity index (χ2n) is 7.19. The standard InChI is InChI=1S/C24H32N4O3S/c1-4-19(16-26-18(2)24(25)30)14-20-10-11-22(31-21-8-6-5-7-9-21)15-23(20)28(17-29)13-12-27-32-3/h5-11,14-15,17-18,26-27H,4,12-13,16H2,1-3H3,(H2,25,30)/b19-14+. The van der Waals surface area contributed by atoms with Gasteiger partial charge in [0.1, 0.15) is 11.5 Å². The molecule has 0 aliphatic carbocycles. The molecule has 32 heavy (non-hydrogen) atoms. The maximum Gasteiger partial charge on any atom is 0.234 e. The molecule has 2 amide bonds. The molecule has 0 radical (unpaired) electrons. The van der Waals surface area contributed by atoms with Crippen LogP contribution >= 0.6 is 11.9 Å². The van der Waals surface area contributed by atoms with Crippen molar-refractivity contribution in [3.05, 3.63) is 59.7 Å². The minimum atomic E-state index is -0.421. The number of ether oxygens (including phenoxy) is 1. The second kappa shape index (κ2) is 13.6. The van der Waals surface area contributed by atoms with Gasteiger partial charge >= 0.3 is 0 Å². The lowest BCUT2D eigenvalue weighted by molar-refractivity contribution is -0.119. The van der Waals surface area contributed by atoms with Gasteiger partial charge in [0.2, 0.25) is 12.3 Å². The summed E-state index contributed by atoms with van der Waals surface area (Å²) in [6, 6.07) is 14.8. The minimum Gasteiger partial charge on any atom is -0.457 e. The Kier molecular flexibility index (Phi) is 10.8. The summed E-state index contributed by atoms with van der Waals surface area (Å²) in [7, 11) is 0. The molecule has 8 heteroatoms. The molecule has 0 fully saturated rings. The van der Waals surface area contributed by atoms with Gasteiger partial charge in [-0.05, 0) is 49.4 Å². The van der Waals surface area contributed by atoms with E-state index in [0.717, 1.165) is 35.4 Å². The molecule has 1 unspecified atom stereocenters. The summed E-state index contributed by atoms with van der Waals surface area (Å²) in [4.78, 5) is 24.9. The van der Waals surface area contributed by atoms with E-state index in [0.29, 0.717) is 25.4 Å². The summed E-state index contributed by atoms with van der Waals surface area (Å²) >= 11 is 1.51. The van der Waals surface area contributed by atoms with Crippen LogP contribution in [0.5, 0.6) is 11.5 Å². The Balaban J connectivity index is 2.35. The number of hydrogen-bond acceptors (Lipinski definition) is 6. The fourth-order valence-electron chi connectivity index (χ4n) is 2.96. The van der Waals surface area contributed by atoms with Crippen molar-refractivity contribution in [2.75, 3.05) is 30.8 Å². The Bertz CT molecular complexity index is 905. The van der Waals surface area contributed by atoms with Crippen LogP contribution in [0.3, 0.4) is 0 Å². The predicted octanol–water partition coefficient (Wildman–Crippen LogP) is 3.57. The zero-order valence-corrected chi connectivity index (χ0v) is 19.7. The fourth-order valence-corrected chi connectivity index (χ4v) is 3.26. The zero-order valence-electron chi connectivity index (χ0n) is 18.8. The molecule has 0 spiro atoms. The summed E-state index contributed by atoms with van der Waals surface area (Å²) in [6.45, 7) is 5.47. The van der Waals surface area contributed by atoms with E-state index in [4.69, 9.17) is 10.5 Å². The molecule has 0 aliphatic rings. The molecule has 2 aromatic rings. The summed E-state index contributed by atoms with van der Waals surface area (Å²) in [5, 5.41) is 3.14. The number of anilines is 1. The van der Waals surface area contributed by atoms with E-state index in [-0.39, 0.29) is 0 Å². The number of para-hydroxylation sites is 1. The van der Waals surface area contributed by atoms with Gasteiger partial charge in [-0.1, -0.05) is 48.7 Å². The van der Waals surface area contributed by atoms with Crippen LogP contribution < -0.4 is 25.4 Å². The van der Waals surface area contributed by atoms with Crippen LogP contribution in [0.4, 0.5) is 5.69 Å². The zero-order chi connectivity index (χ0) is 23.3. The van der Waals surface area contributed by atoms with Gasteiger partial charge in [-0.15, -0.1) is 0 Å². The second-order valence-corrected chi connectivity index (χ2v) is 7.89. The van der Waals surface area contributed by atoms with E-state index in [1.165, 1.54) is 11.9 Å². The molecule has 4 N–H and O–H groups in total. The first-order valence-electron chi connectivity index (χ1n) is 10.5. The molecule has 0 bridgehead atoms. The number of amides is 2. The average molecular weight is 457 g/mol. The lowest BCUT2D eigenvalue weighted by Crippen LogP contribution is -2.39. The van der Waals surface area contributed by atoms with Crippen molar-refractivity contribution in [2.24, 2.45) is 5.73 Å². The van der Waals surface area contributed by atoms with Gasteiger partial charge < -0.3 is 20.7 Å². The van der Waals surface area contributed by atoms with Crippen LogP contribution in [-0.2, 0) is 9.59 Å². The molecule has 7 nitrogen and oxygen atoms in total. The van der Waals surface area contributed by atoms with Crippen LogP contribution in [0.25, 0.3) is 6.08 Å². The highest BCUT2D eigenvalue weighted by Gasteiger charge is 2.13. The molecule has 0 aromatic heterocycles. The predicted molar refractivity (Wildman–Crippen MR) is 133 cm³/mol. The van der Waals surface area contributed by atoms with Crippen molar-refractivity contribution >= 4 is 36.0 Å². The molecule has 2 aromatic carbocycles. The van der Waals surface area contributed by atoms with E-state index >= 15 is 0 Å². The third-order valence-corrected chi connectivity index (χ3v) is 5.39. The topological polar surface area (TPSA) is 96.7 Å². The van der Waals surface area contributed by atoms with Gasteiger partial charge in [0.15, 0.2) is 0 Å². The molecule has 0 saturated carbocycles. The SMILES string of the molecule is CC/C(=C\c1ccc(Oc2ccccc2)cc1N(C=O)CCNSC)CNC(C)C(N)=O. The molecular weight excluding hydrogens is 424 g/mol. The van der Waals surface area contributed by atoms with E-state index < -0.39 is 11.9 Å². The van der Waals surface area contributed by atoms with E-state index in [1.807, 2.05) is 60.9 Å². The third-order valence-electron chi connectivity index (χ3n) is 4.89. The van der Waals surface area contributed by atoms with Gasteiger partial charge in [0.05, 0.1) is 11.7 Å². The highest BCUT2D eigenvalue weighted by Crippen LogP contribution is 2.30. The van der Waals surface area contributed by atoms with E-state index in [2.05, 4.69) is 17.0 Å². The first-order chi connectivity index (χ1) is 15.5. The Morgan fingerprint density at radius 3 is 2.59 bits per heavy atom. The molecule has 1 atom stereocenters. The quantitative estimate of drug-likeness (QED) is 0.228. The smallest absolute Gasteiger partial charge is 0.234 e. The van der Waals surface area contributed by atoms with Gasteiger partial charge in [-0.2, -0.15) is 0 Å². The Labute approximate surface area is 194 Å². The summed E-state index contributed by atoms with van der Waals surface area (Å²) in [5.41, 5.74) is 8.09. The number of nitrogens with one attached hydrogen (secondary N) is 2. The third kappa shape index (κ3) is 8.03. The van der Waals surface area contributed by atoms with Crippen molar-refractivity contribution in [1.82, 2.24) is 10.0 Å². The van der Waals surface area contributed by atoms with Crippen molar-refractivity contribution < 1.29 is 14.3 Å². The normalized spacial score (nSPS) is 12.3. The first kappa shape index (κ1) is 25.5. The number of nitrogens with two attached hydrogens (primary N) is 1. The molecule has 2 rings (SSSR count). The van der Waals surface area contributed by atoms with Gasteiger partial charge in [0.25, 0.3) is 0 Å². The monoisotopic (exact) mass is 456 g/mol. The summed E-state index contributed by atoms with van der Waals surface area (Å²) in [5.74, 6) is 0.978. The van der Waals surface area contributed by atoms with Crippen molar-refractivity contribution in [1.29, 1.82) is 0 Å². The summed E-state index contributed by atoms with van der Waals surface area (Å²) < 4.78 is 9.15. The van der Waals surface area contributed by atoms with E-state index in [1.54, 1.807) is 11.8 Å². The minimum absolute atomic E-state index is 0.392. The largest absolute Gasteiger partial charge is 0.457 e. The number of rotatable bonds is 14. The number of primary amides is 1. The average Bonchev–Trinajstić information content (AvgIpc) is 2.80. The molecular formula is C24H32N4O3S. The Morgan fingerprint density at radius 2 is 1.97 bits per heavy atom. The lowest BCUT2D eigenvalue weighted by Gasteiger charge is -2.21. The number of carbonyl (C=O) groups is 2. The number of nitrogens with zero attached hydrogens (tertiary/aromatic N) is 1. The fraction of sp³-hybridized carbons (Fsp3) is 0.333. The van der Waals surface area contributed by atoms with Crippen LogP contribution in [0.15, 0.2) is 54.1 Å². The van der Waals surface area contributed by atoms with Crippen LogP contribution in [0.1, 0.15) is 25.8 Å². The summed E-state index contributed by atoms with van der Waals surface area (Å²) in [6.07, 6.45) is 5.61. The van der Waals surface area contributed by atoms with Crippen LogP contribution in [0, 0.1) is 0 Å². The van der Waals surface area contributed by atoms with Gasteiger partial charge in [0, 0.05) is 25.7 Å². The molecule has 172 valence electrons. The molecule has 0 saturated heterocycles. The van der Waals surface area contributed by atoms with Crippen LogP contribution in [0.2, 0.25) is 0 Å². The number of hydrogen-bond donors (Lipinski definition) is 3. The maximum absolute atomic E-state index is 11.9. The van der Waals surface area contributed by atoms with Crippen molar-refractivity contribution in [2.45, 2.75) is 26.3 Å². The van der Waals surface area contributed by atoms with Crippen LogP contribution in [-0.4, -0.2) is 44.2 Å². The van der Waals surface area contributed by atoms with Crippen molar-refractivity contribution in [3.63, 3.8) is 0 Å². The molecule has 0 aliphatic heterocycles. The Morgan fingerprint density at radius 1 is 1.22 bits per heavy atom. The van der Waals surface area contributed by atoms with Gasteiger partial charge in [-0.3, -0.25) is 14.3 Å². The van der Waals surface area contributed by atoms with Crippen molar-refractivity contribution in [3.8, 4) is 11.5 Å². The highest BCUT2D eigenvalue weighted by molar-refractivity contribution is 7.96. The number of benzene rings is 2. The molecule has 0 heterocycles. The Hall–Kier alpha value is -2.81. The lowest BCUT2D eigenvalue weighted by atomic mass is 10.1. The van der Waals surface area contributed by atoms with E-state index in [9.17, 15) is 9.59 Å². The maximum atomic E-state index is 11.9. The highest BCUT2D eigenvalue weighted by atomic mass is 32.2. The first-order valence-corrected chi connectivity index (χ1v) is 11.8.